The molecule has 0 atom stereocenters. The summed E-state index contributed by atoms with van der Waals surface area (Å²) in [6.45, 7) is 10.5. The van der Waals surface area contributed by atoms with Gasteiger partial charge in [0.1, 0.15) is 19.2 Å². The highest BCUT2D eigenvalue weighted by atomic mass is 28.3. The molecule has 87 valence electrons. The standard InChI is InChI=1S/C10H18BN2O2Si/c1-10(2,13-11-7-14)8-6-9(15-12-8)16(3,4)5/h6-7,13H,1-5H3. The molecule has 1 aromatic heterocycles. The molecule has 0 aliphatic carbocycles. The molecule has 0 fully saturated rings. The SMILES string of the molecule is CC(C)(N[B]C=O)c1cc([Si](C)(C)C)on1. The molecule has 0 saturated carbocycles. The predicted molar refractivity (Wildman–Crippen MR) is 68.1 cm³/mol. The molecule has 1 rings (SSSR count). The molecule has 0 aliphatic heterocycles. The first kappa shape index (κ1) is 13.2. The van der Waals surface area contributed by atoms with Gasteiger partial charge < -0.3 is 14.5 Å². The van der Waals surface area contributed by atoms with Crippen LogP contribution in [0.5, 0.6) is 0 Å². The number of aromatic nitrogens is 1. The van der Waals surface area contributed by atoms with Crippen LogP contribution in [0.4, 0.5) is 0 Å². The van der Waals surface area contributed by atoms with Gasteiger partial charge in [-0.05, 0) is 13.8 Å². The van der Waals surface area contributed by atoms with Crippen molar-refractivity contribution in [2.75, 3.05) is 0 Å². The summed E-state index contributed by atoms with van der Waals surface area (Å²) in [7, 11) is -0.0814. The second-order valence-corrected chi connectivity index (χ2v) is 10.4. The second kappa shape index (κ2) is 4.55. The average molecular weight is 237 g/mol. The van der Waals surface area contributed by atoms with Gasteiger partial charge in [0.25, 0.3) is 7.41 Å². The van der Waals surface area contributed by atoms with Crippen molar-refractivity contribution in [3.8, 4) is 0 Å². The summed E-state index contributed by atoms with van der Waals surface area (Å²) >= 11 is 0. The highest BCUT2D eigenvalue weighted by Crippen LogP contribution is 2.17. The maximum Gasteiger partial charge on any atom is 0.291 e. The van der Waals surface area contributed by atoms with Crippen molar-refractivity contribution in [3.05, 3.63) is 11.8 Å². The summed E-state index contributed by atoms with van der Waals surface area (Å²) in [4.78, 5) is 10.3. The lowest BCUT2D eigenvalue weighted by Crippen LogP contribution is -2.41. The molecule has 1 N–H and O–H groups in total. The number of hydrogen-bond donors (Lipinski definition) is 1. The Hall–Kier alpha value is -0.878. The first-order valence-corrected chi connectivity index (χ1v) is 8.80. The molecule has 0 bridgehead atoms. The highest BCUT2D eigenvalue weighted by Gasteiger charge is 2.28. The van der Waals surface area contributed by atoms with Crippen LogP contribution in [0.25, 0.3) is 0 Å². The summed E-state index contributed by atoms with van der Waals surface area (Å²) in [5.41, 5.74) is 0.436. The van der Waals surface area contributed by atoms with Crippen molar-refractivity contribution in [3.63, 3.8) is 0 Å². The third-order valence-corrected chi connectivity index (χ3v) is 4.12. The predicted octanol–water partition coefficient (Wildman–Crippen LogP) is 0.854. The fourth-order valence-electron chi connectivity index (χ4n) is 1.24. The summed E-state index contributed by atoms with van der Waals surface area (Å²) in [6.07, 6.45) is 0.723. The largest absolute Gasteiger partial charge is 0.366 e. The van der Waals surface area contributed by atoms with Crippen LogP contribution in [0, 0.1) is 0 Å². The molecular formula is C10H18BN2O2Si. The van der Waals surface area contributed by atoms with Crippen LogP contribution in [0.1, 0.15) is 19.5 Å². The number of carbonyl (C=O) groups excluding carboxylic acids is 1. The summed E-state index contributed by atoms with van der Waals surface area (Å²) < 4.78 is 5.36. The lowest BCUT2D eigenvalue weighted by atomic mass is 9.89. The quantitative estimate of drug-likeness (QED) is 0.609. The van der Waals surface area contributed by atoms with E-state index in [0.717, 1.165) is 17.3 Å². The van der Waals surface area contributed by atoms with E-state index in [-0.39, 0.29) is 5.54 Å². The van der Waals surface area contributed by atoms with Gasteiger partial charge in [0.2, 0.25) is 0 Å². The Kier molecular flexibility index (Phi) is 3.75. The van der Waals surface area contributed by atoms with E-state index in [2.05, 4.69) is 30.0 Å². The molecular weight excluding hydrogens is 219 g/mol. The number of nitrogens with one attached hydrogen (secondary N) is 1. The zero-order chi connectivity index (χ0) is 12.4. The van der Waals surface area contributed by atoms with E-state index in [1.54, 1.807) is 0 Å². The van der Waals surface area contributed by atoms with Crippen LogP contribution >= 0.6 is 0 Å². The lowest BCUT2D eigenvalue weighted by molar-refractivity contribution is 0.392. The fourth-order valence-corrected chi connectivity index (χ4v) is 2.13. The molecule has 4 nitrogen and oxygen atoms in total. The number of nitrogens with zero attached hydrogens (tertiary/aromatic N) is 1. The molecule has 16 heavy (non-hydrogen) atoms. The Bertz CT molecular complexity index is 371. The van der Waals surface area contributed by atoms with Gasteiger partial charge >= 0.3 is 0 Å². The van der Waals surface area contributed by atoms with Crippen LogP contribution < -0.4 is 10.6 Å². The van der Waals surface area contributed by atoms with E-state index in [4.69, 9.17) is 4.52 Å². The van der Waals surface area contributed by atoms with E-state index in [1.165, 1.54) is 7.41 Å². The van der Waals surface area contributed by atoms with Crippen molar-refractivity contribution >= 4 is 27.1 Å². The Balaban J connectivity index is 2.88. The van der Waals surface area contributed by atoms with Crippen molar-refractivity contribution in [1.29, 1.82) is 0 Å². The highest BCUT2D eigenvalue weighted by molar-refractivity contribution is 6.87. The third kappa shape index (κ3) is 3.06. The van der Waals surface area contributed by atoms with Crippen LogP contribution in [0.2, 0.25) is 19.6 Å². The van der Waals surface area contributed by atoms with Gasteiger partial charge in [-0.2, -0.15) is 0 Å². The van der Waals surface area contributed by atoms with Crippen molar-refractivity contribution in [2.45, 2.75) is 39.0 Å². The molecule has 1 aromatic rings. The minimum atomic E-state index is -1.46. The van der Waals surface area contributed by atoms with Gasteiger partial charge in [-0.15, -0.1) is 0 Å². The van der Waals surface area contributed by atoms with E-state index in [9.17, 15) is 4.79 Å². The van der Waals surface area contributed by atoms with Gasteiger partial charge in [-0.1, -0.05) is 24.8 Å². The minimum absolute atomic E-state index is 0.387. The second-order valence-electron chi connectivity index (χ2n) is 5.40. The van der Waals surface area contributed by atoms with Gasteiger partial charge in [0.15, 0.2) is 0 Å². The average Bonchev–Trinajstić information content (AvgIpc) is 2.63. The Morgan fingerprint density at radius 1 is 1.50 bits per heavy atom. The fraction of sp³-hybridized carbons (Fsp3) is 0.600. The normalized spacial score (nSPS) is 12.6. The van der Waals surface area contributed by atoms with E-state index in [1.807, 2.05) is 19.9 Å². The number of rotatable bonds is 5. The minimum Gasteiger partial charge on any atom is -0.366 e. The van der Waals surface area contributed by atoms with Crippen molar-refractivity contribution < 1.29 is 9.32 Å². The Morgan fingerprint density at radius 3 is 2.56 bits per heavy atom. The maximum atomic E-state index is 10.3. The van der Waals surface area contributed by atoms with Gasteiger partial charge in [-0.3, -0.25) is 0 Å². The van der Waals surface area contributed by atoms with E-state index < -0.39 is 8.07 Å². The Labute approximate surface area is 98.1 Å². The van der Waals surface area contributed by atoms with Gasteiger partial charge in [-0.25, -0.2) is 0 Å². The molecule has 0 aromatic carbocycles. The van der Waals surface area contributed by atoms with Crippen molar-refractivity contribution in [1.82, 2.24) is 10.4 Å². The first-order valence-electron chi connectivity index (χ1n) is 5.30. The monoisotopic (exact) mass is 237 g/mol. The molecule has 1 radical (unpaired) electrons. The topological polar surface area (TPSA) is 55.1 Å². The van der Waals surface area contributed by atoms with Crippen LogP contribution in [-0.4, -0.2) is 26.8 Å². The summed E-state index contributed by atoms with van der Waals surface area (Å²) in [6, 6.07) is 1.98. The molecule has 0 saturated heterocycles. The van der Waals surface area contributed by atoms with Crippen LogP contribution in [0.3, 0.4) is 0 Å². The number of carbonyl (C=O) groups is 1. The first-order chi connectivity index (χ1) is 7.27. The molecule has 6 heteroatoms. The van der Waals surface area contributed by atoms with Crippen LogP contribution in [0.15, 0.2) is 10.6 Å². The maximum absolute atomic E-state index is 10.3. The van der Waals surface area contributed by atoms with Gasteiger partial charge in [0.05, 0.1) is 6.19 Å². The van der Waals surface area contributed by atoms with Gasteiger partial charge in [0, 0.05) is 11.6 Å². The Morgan fingerprint density at radius 2 is 2.12 bits per heavy atom. The van der Waals surface area contributed by atoms with E-state index in [0.29, 0.717) is 0 Å². The van der Waals surface area contributed by atoms with Crippen molar-refractivity contribution in [2.24, 2.45) is 0 Å². The lowest BCUT2D eigenvalue weighted by Gasteiger charge is -2.22. The molecule has 1 heterocycles. The molecule has 0 unspecified atom stereocenters. The van der Waals surface area contributed by atoms with E-state index >= 15 is 0 Å². The molecule has 0 amide bonds. The molecule has 0 spiro atoms. The molecule has 0 aliphatic rings. The zero-order valence-electron chi connectivity index (χ0n) is 10.5. The number of hydrogen-bond acceptors (Lipinski definition) is 4. The summed E-state index contributed by atoms with van der Waals surface area (Å²) in [5.74, 6) is 0. The third-order valence-electron chi connectivity index (χ3n) is 2.40. The van der Waals surface area contributed by atoms with Crippen LogP contribution in [-0.2, 0) is 10.3 Å². The zero-order valence-corrected chi connectivity index (χ0v) is 11.5. The smallest absolute Gasteiger partial charge is 0.291 e. The summed E-state index contributed by atoms with van der Waals surface area (Å²) in [5, 5.41) is 8.03.